The number of nitrogens with zero attached hydrogens (tertiary/aromatic N) is 2. The smallest absolute Gasteiger partial charge is 0.409 e. The van der Waals surface area contributed by atoms with Crippen molar-refractivity contribution < 1.29 is 14.3 Å². The molecular weight excluding hydrogens is 232 g/mol. The van der Waals surface area contributed by atoms with E-state index in [9.17, 15) is 4.79 Å². The molecule has 1 aromatic heterocycles. The van der Waals surface area contributed by atoms with Gasteiger partial charge in [-0.25, -0.2) is 4.79 Å². The van der Waals surface area contributed by atoms with E-state index in [1.165, 1.54) is 0 Å². The van der Waals surface area contributed by atoms with Crippen LogP contribution in [0, 0.1) is 0 Å². The van der Waals surface area contributed by atoms with Crippen LogP contribution in [0.4, 0.5) is 4.79 Å². The molecule has 0 spiro atoms. The van der Waals surface area contributed by atoms with Crippen LogP contribution in [0.2, 0.25) is 0 Å². The molecular formula is C13H18N2O3. The molecule has 0 N–H and O–H groups in total. The van der Waals surface area contributed by atoms with Gasteiger partial charge in [-0.05, 0) is 19.1 Å². The molecule has 0 radical (unpaired) electrons. The monoisotopic (exact) mass is 250 g/mol. The summed E-state index contributed by atoms with van der Waals surface area (Å²) in [4.78, 5) is 17.3. The van der Waals surface area contributed by atoms with E-state index in [0.29, 0.717) is 19.7 Å². The third-order valence-corrected chi connectivity index (χ3v) is 2.91. The molecule has 0 aromatic carbocycles. The van der Waals surface area contributed by atoms with Crippen molar-refractivity contribution in [3.63, 3.8) is 0 Å². The lowest BCUT2D eigenvalue weighted by Crippen LogP contribution is -2.42. The number of rotatable bonds is 3. The molecule has 1 amide bonds. The first-order valence-electron chi connectivity index (χ1n) is 6.28. The van der Waals surface area contributed by atoms with Crippen molar-refractivity contribution in [1.82, 2.24) is 9.88 Å². The quantitative estimate of drug-likeness (QED) is 0.824. The normalized spacial score (nSPS) is 16.4. The molecule has 0 unspecified atom stereocenters. The van der Waals surface area contributed by atoms with Crippen LogP contribution in [-0.2, 0) is 4.74 Å². The largest absolute Gasteiger partial charge is 0.489 e. The highest BCUT2D eigenvalue weighted by Gasteiger charge is 2.24. The van der Waals surface area contributed by atoms with E-state index in [-0.39, 0.29) is 12.2 Å². The average molecular weight is 250 g/mol. The fourth-order valence-corrected chi connectivity index (χ4v) is 1.98. The van der Waals surface area contributed by atoms with Crippen molar-refractivity contribution in [2.75, 3.05) is 19.7 Å². The fourth-order valence-electron chi connectivity index (χ4n) is 1.98. The number of carbonyl (C=O) groups is 1. The Bertz CT molecular complexity index is 375. The molecule has 2 heterocycles. The lowest BCUT2D eigenvalue weighted by atomic mass is 10.1. The minimum atomic E-state index is -0.225. The van der Waals surface area contributed by atoms with Gasteiger partial charge in [-0.15, -0.1) is 0 Å². The SMILES string of the molecule is CCOC(=O)N1CCC(Oc2cccnc2)CC1. The van der Waals surface area contributed by atoms with Gasteiger partial charge in [0.05, 0.1) is 12.8 Å². The summed E-state index contributed by atoms with van der Waals surface area (Å²) in [5.74, 6) is 0.784. The minimum Gasteiger partial charge on any atom is -0.489 e. The Labute approximate surface area is 107 Å². The topological polar surface area (TPSA) is 51.7 Å². The summed E-state index contributed by atoms with van der Waals surface area (Å²) < 4.78 is 10.8. The van der Waals surface area contributed by atoms with Gasteiger partial charge in [0.25, 0.3) is 0 Å². The second-order valence-electron chi connectivity index (χ2n) is 4.19. The third kappa shape index (κ3) is 3.35. The molecule has 0 bridgehead atoms. The van der Waals surface area contributed by atoms with Crippen LogP contribution in [0.3, 0.4) is 0 Å². The zero-order valence-corrected chi connectivity index (χ0v) is 10.5. The van der Waals surface area contributed by atoms with E-state index in [1.807, 2.05) is 19.1 Å². The number of amides is 1. The van der Waals surface area contributed by atoms with Crippen molar-refractivity contribution in [3.8, 4) is 5.75 Å². The number of piperidine rings is 1. The Hall–Kier alpha value is -1.78. The van der Waals surface area contributed by atoms with Crippen LogP contribution in [0.25, 0.3) is 0 Å². The van der Waals surface area contributed by atoms with E-state index < -0.39 is 0 Å². The minimum absolute atomic E-state index is 0.153. The number of carbonyl (C=O) groups excluding carboxylic acids is 1. The third-order valence-electron chi connectivity index (χ3n) is 2.91. The van der Waals surface area contributed by atoms with Gasteiger partial charge in [0.2, 0.25) is 0 Å². The summed E-state index contributed by atoms with van der Waals surface area (Å²) in [7, 11) is 0. The first-order valence-corrected chi connectivity index (χ1v) is 6.28. The Morgan fingerprint density at radius 1 is 1.50 bits per heavy atom. The highest BCUT2D eigenvalue weighted by atomic mass is 16.6. The van der Waals surface area contributed by atoms with Crippen LogP contribution in [-0.4, -0.2) is 41.8 Å². The van der Waals surface area contributed by atoms with Gasteiger partial charge in [0.1, 0.15) is 11.9 Å². The standard InChI is InChI=1S/C13H18N2O3/c1-2-17-13(16)15-8-5-11(6-9-15)18-12-4-3-7-14-10-12/h3-4,7,10-11H,2,5-6,8-9H2,1H3. The summed E-state index contributed by atoms with van der Waals surface area (Å²) in [6, 6.07) is 3.74. The number of hydrogen-bond acceptors (Lipinski definition) is 4. The molecule has 0 saturated carbocycles. The zero-order chi connectivity index (χ0) is 12.8. The Morgan fingerprint density at radius 2 is 2.28 bits per heavy atom. The van der Waals surface area contributed by atoms with Gasteiger partial charge in [-0.3, -0.25) is 4.98 Å². The molecule has 98 valence electrons. The highest BCUT2D eigenvalue weighted by molar-refractivity contribution is 5.67. The molecule has 5 nitrogen and oxygen atoms in total. The molecule has 0 aliphatic carbocycles. The predicted octanol–water partition coefficient (Wildman–Crippen LogP) is 2.08. The Morgan fingerprint density at radius 3 is 2.89 bits per heavy atom. The summed E-state index contributed by atoms with van der Waals surface area (Å²) in [6.45, 7) is 3.61. The van der Waals surface area contributed by atoms with Crippen molar-refractivity contribution >= 4 is 6.09 Å². The lowest BCUT2D eigenvalue weighted by molar-refractivity contribution is 0.0702. The van der Waals surface area contributed by atoms with Gasteiger partial charge in [0.15, 0.2) is 0 Å². The van der Waals surface area contributed by atoms with Crippen molar-refractivity contribution in [2.24, 2.45) is 0 Å². The maximum atomic E-state index is 11.5. The maximum Gasteiger partial charge on any atom is 0.409 e. The molecule has 1 aliphatic rings. The van der Waals surface area contributed by atoms with E-state index >= 15 is 0 Å². The van der Waals surface area contributed by atoms with Crippen molar-refractivity contribution in [1.29, 1.82) is 0 Å². The lowest BCUT2D eigenvalue weighted by Gasteiger charge is -2.31. The van der Waals surface area contributed by atoms with E-state index in [2.05, 4.69) is 4.98 Å². The van der Waals surface area contributed by atoms with Crippen LogP contribution < -0.4 is 4.74 Å². The van der Waals surface area contributed by atoms with Crippen LogP contribution in [0.1, 0.15) is 19.8 Å². The van der Waals surface area contributed by atoms with Gasteiger partial charge in [0, 0.05) is 32.1 Å². The number of likely N-dealkylation sites (tertiary alicyclic amines) is 1. The molecule has 1 aromatic rings. The average Bonchev–Trinajstić information content (AvgIpc) is 2.41. The Balaban J connectivity index is 1.78. The van der Waals surface area contributed by atoms with Crippen LogP contribution in [0.5, 0.6) is 5.75 Å². The first kappa shape index (κ1) is 12.7. The zero-order valence-electron chi connectivity index (χ0n) is 10.5. The van der Waals surface area contributed by atoms with Crippen LogP contribution in [0.15, 0.2) is 24.5 Å². The molecule has 2 rings (SSSR count). The molecule has 1 fully saturated rings. The van der Waals surface area contributed by atoms with E-state index in [4.69, 9.17) is 9.47 Å². The van der Waals surface area contributed by atoms with Gasteiger partial charge in [-0.2, -0.15) is 0 Å². The van der Waals surface area contributed by atoms with Gasteiger partial charge in [-0.1, -0.05) is 0 Å². The molecule has 1 aliphatic heterocycles. The van der Waals surface area contributed by atoms with Crippen LogP contribution >= 0.6 is 0 Å². The fraction of sp³-hybridized carbons (Fsp3) is 0.538. The predicted molar refractivity (Wildman–Crippen MR) is 66.5 cm³/mol. The van der Waals surface area contributed by atoms with Gasteiger partial charge < -0.3 is 14.4 Å². The first-order chi connectivity index (χ1) is 8.79. The second kappa shape index (κ2) is 6.23. The van der Waals surface area contributed by atoms with Crippen molar-refractivity contribution in [2.45, 2.75) is 25.9 Å². The summed E-state index contributed by atoms with van der Waals surface area (Å²) in [5.41, 5.74) is 0. The summed E-state index contributed by atoms with van der Waals surface area (Å²) in [6.07, 6.45) is 5.01. The number of ether oxygens (including phenoxy) is 2. The Kier molecular flexibility index (Phi) is 4.39. The van der Waals surface area contributed by atoms with Gasteiger partial charge >= 0.3 is 6.09 Å². The number of pyridine rings is 1. The molecule has 0 atom stereocenters. The summed E-state index contributed by atoms with van der Waals surface area (Å²) >= 11 is 0. The molecule has 1 saturated heterocycles. The maximum absolute atomic E-state index is 11.5. The number of hydrogen-bond donors (Lipinski definition) is 0. The molecule has 18 heavy (non-hydrogen) atoms. The summed E-state index contributed by atoms with van der Waals surface area (Å²) in [5, 5.41) is 0. The van der Waals surface area contributed by atoms with Crippen molar-refractivity contribution in [3.05, 3.63) is 24.5 Å². The molecule has 5 heteroatoms. The number of aromatic nitrogens is 1. The van der Waals surface area contributed by atoms with E-state index in [1.54, 1.807) is 17.3 Å². The van der Waals surface area contributed by atoms with E-state index in [0.717, 1.165) is 18.6 Å². The highest BCUT2D eigenvalue weighted by Crippen LogP contribution is 2.18. The second-order valence-corrected chi connectivity index (χ2v) is 4.19.